The van der Waals surface area contributed by atoms with Crippen molar-refractivity contribution < 1.29 is 43.7 Å². The monoisotopic (exact) mass is 681 g/mol. The third-order valence-electron chi connectivity index (χ3n) is 7.79. The highest BCUT2D eigenvalue weighted by molar-refractivity contribution is 5.92. The molecule has 12 nitrogen and oxygen atoms in total. The van der Waals surface area contributed by atoms with Crippen molar-refractivity contribution in [2.24, 2.45) is 11.7 Å². The van der Waals surface area contributed by atoms with Gasteiger partial charge in [0.2, 0.25) is 17.7 Å². The molecule has 0 unspecified atom stereocenters. The molecule has 0 aliphatic rings. The predicted molar refractivity (Wildman–Crippen MR) is 184 cm³/mol. The Morgan fingerprint density at radius 2 is 1.00 bits per heavy atom. The van der Waals surface area contributed by atoms with Gasteiger partial charge < -0.3 is 36.1 Å². The number of carbonyl (C=O) groups excluding carboxylic acids is 3. The molecule has 0 bridgehead atoms. The third kappa shape index (κ3) is 11.5. The number of carboxylic acid groups (broad SMARTS) is 2. The Bertz CT molecular complexity index is 1760. The minimum Gasteiger partial charge on any atom is -0.482 e. The molecule has 4 rings (SSSR count). The lowest BCUT2D eigenvalue weighted by Crippen LogP contribution is -2.55. The van der Waals surface area contributed by atoms with E-state index in [4.69, 9.17) is 25.4 Å². The number of carbonyl (C=O) groups is 5. The van der Waals surface area contributed by atoms with Crippen LogP contribution in [0.5, 0.6) is 11.5 Å². The maximum Gasteiger partial charge on any atom is 0.341 e. The first kappa shape index (κ1) is 36.7. The molecule has 50 heavy (non-hydrogen) atoms. The zero-order chi connectivity index (χ0) is 36.0. The minimum atomic E-state index is -1.12. The van der Waals surface area contributed by atoms with Gasteiger partial charge in [-0.15, -0.1) is 0 Å². The van der Waals surface area contributed by atoms with Crippen LogP contribution >= 0.6 is 0 Å². The average Bonchev–Trinajstić information content (AvgIpc) is 3.10. The number of primary amides is 1. The van der Waals surface area contributed by atoms with Crippen molar-refractivity contribution in [2.45, 2.75) is 38.3 Å². The normalized spacial score (nSPS) is 12.5. The second kappa shape index (κ2) is 17.8. The number of hydrogen-bond donors (Lipinski definition) is 5. The van der Waals surface area contributed by atoms with Gasteiger partial charge in [0.25, 0.3) is 0 Å². The Morgan fingerprint density at radius 3 is 1.48 bits per heavy atom. The Kier molecular flexibility index (Phi) is 13.1. The smallest absolute Gasteiger partial charge is 0.341 e. The summed E-state index contributed by atoms with van der Waals surface area (Å²) in [5.41, 5.74) is 9.92. The van der Waals surface area contributed by atoms with Gasteiger partial charge in [0.05, 0.1) is 0 Å². The number of nitrogens with one attached hydrogen (secondary N) is 2. The number of benzene rings is 4. The van der Waals surface area contributed by atoms with E-state index in [1.165, 1.54) is 0 Å². The number of rotatable bonds is 18. The maximum absolute atomic E-state index is 13.7. The van der Waals surface area contributed by atoms with E-state index in [1.54, 1.807) is 55.5 Å². The quantitative estimate of drug-likeness (QED) is 0.105. The summed E-state index contributed by atoms with van der Waals surface area (Å²) in [7, 11) is 0. The van der Waals surface area contributed by atoms with E-state index < -0.39 is 55.0 Å². The summed E-state index contributed by atoms with van der Waals surface area (Å²) < 4.78 is 10.3. The van der Waals surface area contributed by atoms with E-state index in [-0.39, 0.29) is 18.7 Å². The summed E-state index contributed by atoms with van der Waals surface area (Å²) in [4.78, 5) is 61.2. The van der Waals surface area contributed by atoms with Crippen LogP contribution in [0.25, 0.3) is 11.1 Å². The van der Waals surface area contributed by atoms with Gasteiger partial charge in [-0.2, -0.15) is 0 Å². The highest BCUT2D eigenvalue weighted by Gasteiger charge is 2.28. The molecule has 12 heteroatoms. The minimum absolute atomic E-state index is 0.0509. The van der Waals surface area contributed by atoms with Crippen LogP contribution in [0, 0.1) is 5.92 Å². The Labute approximate surface area is 289 Å². The van der Waals surface area contributed by atoms with Crippen molar-refractivity contribution in [1.82, 2.24) is 10.6 Å². The van der Waals surface area contributed by atoms with Crippen LogP contribution in [-0.4, -0.2) is 65.2 Å². The zero-order valence-corrected chi connectivity index (χ0v) is 27.4. The molecular weight excluding hydrogens is 642 g/mol. The lowest BCUT2D eigenvalue weighted by molar-refractivity contribution is -0.140. The average molecular weight is 682 g/mol. The standard InChI is InChI=1S/C38H39N3O9/c1-24(19-25-9-15-30(16-10-25)49-22-34(42)43)37(47)41-33(21-26-7-13-29(14-8-26)28-5-3-2-4-6-28)38(48)40-32(36(39)46)20-27-11-17-31(18-12-27)50-23-35(44)45/h2-18,24,32-33H,19-23H2,1H3,(H2,39,46)(H,40,48)(H,41,47)(H,42,43)(H,44,45)/t24-,32-,33-/m0/s1. The van der Waals surface area contributed by atoms with Crippen molar-refractivity contribution in [1.29, 1.82) is 0 Å². The molecule has 0 saturated carbocycles. The summed E-state index contributed by atoms with van der Waals surface area (Å²) in [5.74, 6) is -3.80. The van der Waals surface area contributed by atoms with Crippen LogP contribution in [-0.2, 0) is 43.2 Å². The fraction of sp³-hybridized carbons (Fsp3) is 0.237. The maximum atomic E-state index is 13.7. The summed E-state index contributed by atoms with van der Waals surface area (Å²) in [6.07, 6.45) is 0.520. The molecule has 0 aliphatic heterocycles. The highest BCUT2D eigenvalue weighted by atomic mass is 16.5. The summed E-state index contributed by atoms with van der Waals surface area (Å²) in [6.45, 7) is 0.753. The van der Waals surface area contributed by atoms with Crippen molar-refractivity contribution in [3.63, 3.8) is 0 Å². The van der Waals surface area contributed by atoms with Gasteiger partial charge in [-0.1, -0.05) is 85.8 Å². The molecule has 3 atom stereocenters. The molecule has 6 N–H and O–H groups in total. The first-order valence-electron chi connectivity index (χ1n) is 15.9. The molecule has 260 valence electrons. The molecule has 0 radical (unpaired) electrons. The number of aliphatic carboxylic acids is 2. The molecule has 0 heterocycles. The fourth-order valence-corrected chi connectivity index (χ4v) is 5.13. The van der Waals surface area contributed by atoms with E-state index >= 15 is 0 Å². The van der Waals surface area contributed by atoms with E-state index in [0.29, 0.717) is 23.5 Å². The molecular formula is C38H39N3O9. The topological polar surface area (TPSA) is 194 Å². The second-order valence-electron chi connectivity index (χ2n) is 11.8. The number of amides is 3. The third-order valence-corrected chi connectivity index (χ3v) is 7.79. The largest absolute Gasteiger partial charge is 0.482 e. The first-order chi connectivity index (χ1) is 24.0. The van der Waals surface area contributed by atoms with E-state index in [9.17, 15) is 24.0 Å². The van der Waals surface area contributed by atoms with Gasteiger partial charge >= 0.3 is 11.9 Å². The van der Waals surface area contributed by atoms with Crippen molar-refractivity contribution in [2.75, 3.05) is 13.2 Å². The summed E-state index contributed by atoms with van der Waals surface area (Å²) in [5, 5.41) is 23.2. The molecule has 3 amide bonds. The van der Waals surface area contributed by atoms with Crippen molar-refractivity contribution in [3.8, 4) is 22.6 Å². The molecule has 0 aliphatic carbocycles. The molecule has 0 spiro atoms. The van der Waals surface area contributed by atoms with Gasteiger partial charge in [-0.25, -0.2) is 9.59 Å². The van der Waals surface area contributed by atoms with Crippen LogP contribution in [0.2, 0.25) is 0 Å². The fourth-order valence-electron chi connectivity index (χ4n) is 5.13. The molecule has 0 fully saturated rings. The van der Waals surface area contributed by atoms with Crippen molar-refractivity contribution >= 4 is 29.7 Å². The molecule has 4 aromatic carbocycles. The van der Waals surface area contributed by atoms with Gasteiger partial charge in [-0.05, 0) is 58.5 Å². The number of carboxylic acids is 2. The molecule has 4 aromatic rings. The van der Waals surface area contributed by atoms with Crippen LogP contribution in [0.3, 0.4) is 0 Å². The molecule has 0 aromatic heterocycles. The van der Waals surface area contributed by atoms with Gasteiger partial charge in [0.15, 0.2) is 13.2 Å². The lowest BCUT2D eigenvalue weighted by atomic mass is 9.97. The number of hydrogen-bond acceptors (Lipinski definition) is 7. The summed E-state index contributed by atoms with van der Waals surface area (Å²) in [6, 6.07) is 28.4. The Morgan fingerprint density at radius 1 is 0.580 bits per heavy atom. The predicted octanol–water partition coefficient (Wildman–Crippen LogP) is 3.40. The SMILES string of the molecule is C[C@@H](Cc1ccc(OCC(=O)O)cc1)C(=O)N[C@@H](Cc1ccc(-c2ccccc2)cc1)C(=O)N[C@@H](Cc1ccc(OCC(=O)O)cc1)C(N)=O. The highest BCUT2D eigenvalue weighted by Crippen LogP contribution is 2.21. The molecule has 0 saturated heterocycles. The van der Waals surface area contributed by atoms with Gasteiger partial charge in [0, 0.05) is 18.8 Å². The van der Waals surface area contributed by atoms with Crippen LogP contribution < -0.4 is 25.8 Å². The Balaban J connectivity index is 1.47. The first-order valence-corrected chi connectivity index (χ1v) is 15.9. The second-order valence-corrected chi connectivity index (χ2v) is 11.8. The van der Waals surface area contributed by atoms with E-state index in [1.807, 2.05) is 54.6 Å². The van der Waals surface area contributed by atoms with Crippen LogP contribution in [0.4, 0.5) is 0 Å². The van der Waals surface area contributed by atoms with Gasteiger partial charge in [0.1, 0.15) is 23.6 Å². The lowest BCUT2D eigenvalue weighted by Gasteiger charge is -2.24. The number of ether oxygens (including phenoxy) is 2. The summed E-state index contributed by atoms with van der Waals surface area (Å²) >= 11 is 0. The Hall–Kier alpha value is -6.17. The van der Waals surface area contributed by atoms with E-state index in [0.717, 1.165) is 22.3 Å². The number of nitrogens with two attached hydrogens (primary N) is 1. The zero-order valence-electron chi connectivity index (χ0n) is 27.4. The van der Waals surface area contributed by atoms with Crippen LogP contribution in [0.15, 0.2) is 103 Å². The van der Waals surface area contributed by atoms with Crippen LogP contribution in [0.1, 0.15) is 23.6 Å². The van der Waals surface area contributed by atoms with E-state index in [2.05, 4.69) is 10.6 Å². The van der Waals surface area contributed by atoms with Crippen molar-refractivity contribution in [3.05, 3.63) is 120 Å². The van der Waals surface area contributed by atoms with Gasteiger partial charge in [-0.3, -0.25) is 14.4 Å².